The van der Waals surface area contributed by atoms with Crippen molar-refractivity contribution in [1.29, 1.82) is 0 Å². The number of hydrogen-bond acceptors (Lipinski definition) is 4. The van der Waals surface area contributed by atoms with Crippen LogP contribution in [0.4, 0.5) is 0 Å². The maximum atomic E-state index is 11.3. The van der Waals surface area contributed by atoms with Gasteiger partial charge in [-0.25, -0.2) is 0 Å². The van der Waals surface area contributed by atoms with Gasteiger partial charge in [-0.3, -0.25) is 4.79 Å². The first-order valence-corrected chi connectivity index (χ1v) is 8.22. The maximum absolute atomic E-state index is 11.3. The summed E-state index contributed by atoms with van der Waals surface area (Å²) in [6.07, 6.45) is 1.13. The molecule has 106 valence electrons. The van der Waals surface area contributed by atoms with Crippen LogP contribution in [-0.2, 0) is 16.1 Å². The zero-order chi connectivity index (χ0) is 14.1. The van der Waals surface area contributed by atoms with Gasteiger partial charge in [0.2, 0.25) is 0 Å². The van der Waals surface area contributed by atoms with Crippen LogP contribution in [0.5, 0.6) is 0 Å². The molecule has 0 saturated carbocycles. The summed E-state index contributed by atoms with van der Waals surface area (Å²) < 4.78 is 5.93. The maximum Gasteiger partial charge on any atom is 0.316 e. The number of halogens is 1. The molecule has 3 nitrogen and oxygen atoms in total. The Bertz CT molecular complexity index is 412. The summed E-state index contributed by atoms with van der Waals surface area (Å²) >= 11 is 5.03. The number of nitrogens with one attached hydrogen (secondary N) is 1. The smallest absolute Gasteiger partial charge is 0.316 e. The third-order valence-electron chi connectivity index (χ3n) is 2.40. The van der Waals surface area contributed by atoms with E-state index >= 15 is 0 Å². The SMILES string of the molecule is CCCNCc1ccc(SCC(=O)OCC)c(Br)c1. The van der Waals surface area contributed by atoms with Crippen molar-refractivity contribution < 1.29 is 9.53 Å². The molecule has 0 aliphatic heterocycles. The molecular formula is C14H20BrNO2S. The highest BCUT2D eigenvalue weighted by Gasteiger charge is 2.06. The fraction of sp³-hybridized carbons (Fsp3) is 0.500. The van der Waals surface area contributed by atoms with Gasteiger partial charge in [0, 0.05) is 15.9 Å². The molecule has 1 N–H and O–H groups in total. The molecule has 0 aromatic heterocycles. The van der Waals surface area contributed by atoms with Crippen molar-refractivity contribution >= 4 is 33.7 Å². The molecule has 5 heteroatoms. The van der Waals surface area contributed by atoms with Crippen molar-refractivity contribution in [1.82, 2.24) is 5.32 Å². The molecule has 0 bridgehead atoms. The zero-order valence-corrected chi connectivity index (χ0v) is 13.8. The lowest BCUT2D eigenvalue weighted by molar-refractivity contribution is -0.139. The van der Waals surface area contributed by atoms with E-state index in [4.69, 9.17) is 4.74 Å². The molecule has 0 spiro atoms. The zero-order valence-electron chi connectivity index (χ0n) is 11.4. The standard InChI is InChI=1S/C14H20BrNO2S/c1-3-7-16-9-11-5-6-13(12(15)8-11)19-10-14(17)18-4-2/h5-6,8,16H,3-4,7,9-10H2,1-2H3. The molecule has 1 aromatic rings. The van der Waals surface area contributed by atoms with E-state index in [-0.39, 0.29) is 5.97 Å². The van der Waals surface area contributed by atoms with E-state index in [1.807, 2.05) is 13.0 Å². The van der Waals surface area contributed by atoms with Gasteiger partial charge in [0.05, 0.1) is 12.4 Å². The molecule has 0 atom stereocenters. The number of hydrogen-bond donors (Lipinski definition) is 1. The van der Waals surface area contributed by atoms with Gasteiger partial charge in [-0.15, -0.1) is 11.8 Å². The molecule has 0 aliphatic rings. The third-order valence-corrected chi connectivity index (χ3v) is 4.37. The Kier molecular flexibility index (Phi) is 8.18. The van der Waals surface area contributed by atoms with E-state index in [0.717, 1.165) is 28.9 Å². The molecule has 1 rings (SSSR count). The molecule has 0 aliphatic carbocycles. The van der Waals surface area contributed by atoms with Gasteiger partial charge in [-0.2, -0.15) is 0 Å². The minimum absolute atomic E-state index is 0.173. The van der Waals surface area contributed by atoms with Gasteiger partial charge >= 0.3 is 5.97 Å². The van der Waals surface area contributed by atoms with Crippen LogP contribution in [0, 0.1) is 0 Å². The van der Waals surface area contributed by atoms with Gasteiger partial charge in [0.25, 0.3) is 0 Å². The van der Waals surface area contributed by atoms with Gasteiger partial charge in [-0.1, -0.05) is 13.0 Å². The van der Waals surface area contributed by atoms with Gasteiger partial charge in [0.15, 0.2) is 0 Å². The molecular weight excluding hydrogens is 326 g/mol. The summed E-state index contributed by atoms with van der Waals surface area (Å²) in [5.41, 5.74) is 1.24. The molecule has 0 unspecified atom stereocenters. The van der Waals surface area contributed by atoms with E-state index in [1.165, 1.54) is 17.3 Å². The van der Waals surface area contributed by atoms with E-state index in [1.54, 1.807) is 0 Å². The van der Waals surface area contributed by atoms with Crippen LogP contribution in [0.1, 0.15) is 25.8 Å². The van der Waals surface area contributed by atoms with Crippen LogP contribution in [0.25, 0.3) is 0 Å². The van der Waals surface area contributed by atoms with Crippen LogP contribution in [0.2, 0.25) is 0 Å². The number of rotatable bonds is 8. The lowest BCUT2D eigenvalue weighted by Gasteiger charge is -2.08. The molecule has 0 heterocycles. The van der Waals surface area contributed by atoms with Gasteiger partial charge in [0.1, 0.15) is 0 Å². The van der Waals surface area contributed by atoms with E-state index < -0.39 is 0 Å². The Morgan fingerprint density at radius 1 is 1.42 bits per heavy atom. The Morgan fingerprint density at radius 3 is 2.84 bits per heavy atom. The molecule has 1 aromatic carbocycles. The van der Waals surface area contributed by atoms with Crippen molar-refractivity contribution in [2.75, 3.05) is 18.9 Å². The molecule has 0 saturated heterocycles. The predicted molar refractivity (Wildman–Crippen MR) is 83.5 cm³/mol. The first-order valence-electron chi connectivity index (χ1n) is 6.45. The van der Waals surface area contributed by atoms with E-state index in [9.17, 15) is 4.79 Å². The lowest BCUT2D eigenvalue weighted by Crippen LogP contribution is -2.13. The first-order chi connectivity index (χ1) is 9.17. The summed E-state index contributed by atoms with van der Waals surface area (Å²) in [4.78, 5) is 12.4. The number of ether oxygens (including phenoxy) is 1. The fourth-order valence-electron chi connectivity index (χ4n) is 1.52. The highest BCUT2D eigenvalue weighted by atomic mass is 79.9. The number of carbonyl (C=O) groups excluding carboxylic acids is 1. The van der Waals surface area contributed by atoms with Crippen LogP contribution >= 0.6 is 27.7 Å². The van der Waals surface area contributed by atoms with E-state index in [2.05, 4.69) is 40.3 Å². The van der Waals surface area contributed by atoms with Crippen LogP contribution in [-0.4, -0.2) is 24.9 Å². The van der Waals surface area contributed by atoms with Crippen molar-refractivity contribution in [2.45, 2.75) is 31.7 Å². The molecule has 19 heavy (non-hydrogen) atoms. The second-order valence-electron chi connectivity index (χ2n) is 4.04. The number of thioether (sulfide) groups is 1. The normalized spacial score (nSPS) is 10.5. The molecule has 0 fully saturated rings. The second kappa shape index (κ2) is 9.39. The van der Waals surface area contributed by atoms with Gasteiger partial charge < -0.3 is 10.1 Å². The quantitative estimate of drug-likeness (QED) is 0.443. The summed E-state index contributed by atoms with van der Waals surface area (Å²) in [5.74, 6) is 0.174. The van der Waals surface area contributed by atoms with Crippen molar-refractivity contribution in [3.8, 4) is 0 Å². The topological polar surface area (TPSA) is 38.3 Å². The van der Waals surface area contributed by atoms with Crippen LogP contribution in [0.15, 0.2) is 27.6 Å². The Hall–Kier alpha value is -0.520. The lowest BCUT2D eigenvalue weighted by atomic mass is 10.2. The average Bonchev–Trinajstić information content (AvgIpc) is 2.38. The predicted octanol–water partition coefficient (Wildman–Crippen LogP) is 3.60. The number of benzene rings is 1. The van der Waals surface area contributed by atoms with Crippen LogP contribution < -0.4 is 5.32 Å². The summed E-state index contributed by atoms with van der Waals surface area (Å²) in [6.45, 7) is 6.30. The van der Waals surface area contributed by atoms with Gasteiger partial charge in [-0.05, 0) is 53.5 Å². The monoisotopic (exact) mass is 345 g/mol. The number of carbonyl (C=O) groups is 1. The van der Waals surface area contributed by atoms with Crippen molar-refractivity contribution in [2.24, 2.45) is 0 Å². The highest BCUT2D eigenvalue weighted by molar-refractivity contribution is 9.10. The number of esters is 1. The van der Waals surface area contributed by atoms with Crippen molar-refractivity contribution in [3.05, 3.63) is 28.2 Å². The fourth-order valence-corrected chi connectivity index (χ4v) is 3.01. The first kappa shape index (κ1) is 16.5. The Morgan fingerprint density at radius 2 is 2.21 bits per heavy atom. The minimum Gasteiger partial charge on any atom is -0.465 e. The Balaban J connectivity index is 2.49. The third kappa shape index (κ3) is 6.45. The average molecular weight is 346 g/mol. The van der Waals surface area contributed by atoms with Crippen LogP contribution in [0.3, 0.4) is 0 Å². The largest absolute Gasteiger partial charge is 0.465 e. The summed E-state index contributed by atoms with van der Waals surface area (Å²) in [6, 6.07) is 6.22. The molecule has 0 amide bonds. The summed E-state index contributed by atoms with van der Waals surface area (Å²) in [5, 5.41) is 3.36. The Labute approximate surface area is 127 Å². The van der Waals surface area contributed by atoms with Crippen molar-refractivity contribution in [3.63, 3.8) is 0 Å². The minimum atomic E-state index is -0.173. The second-order valence-corrected chi connectivity index (χ2v) is 5.91. The molecule has 0 radical (unpaired) electrons. The summed E-state index contributed by atoms with van der Waals surface area (Å²) in [7, 11) is 0. The highest BCUT2D eigenvalue weighted by Crippen LogP contribution is 2.28. The van der Waals surface area contributed by atoms with E-state index in [0.29, 0.717) is 12.4 Å².